The Bertz CT molecular complexity index is 591. The number of carbonyl (C=O) groups is 1. The van der Waals surface area contributed by atoms with Crippen molar-refractivity contribution >= 4 is 21.8 Å². The van der Waals surface area contributed by atoms with Crippen LogP contribution in [-0.2, 0) is 0 Å². The molecule has 1 aromatic heterocycles. The van der Waals surface area contributed by atoms with Crippen molar-refractivity contribution in [1.29, 1.82) is 0 Å². The van der Waals surface area contributed by atoms with Crippen molar-refractivity contribution in [3.05, 3.63) is 46.0 Å². The number of aromatic amines is 1. The van der Waals surface area contributed by atoms with Crippen molar-refractivity contribution in [2.45, 2.75) is 26.8 Å². The van der Waals surface area contributed by atoms with Crippen LogP contribution in [0.2, 0.25) is 0 Å². The van der Waals surface area contributed by atoms with Crippen molar-refractivity contribution in [2.24, 2.45) is 5.92 Å². The molecule has 0 aliphatic carbocycles. The highest BCUT2D eigenvalue weighted by Crippen LogP contribution is 2.19. The Kier molecular flexibility index (Phi) is 4.54. The fourth-order valence-electron chi connectivity index (χ4n) is 1.85. The van der Waals surface area contributed by atoms with Crippen LogP contribution < -0.4 is 5.32 Å². The summed E-state index contributed by atoms with van der Waals surface area (Å²) in [5.74, 6) is 1.43. The zero-order valence-electron chi connectivity index (χ0n) is 11.6. The lowest BCUT2D eigenvalue weighted by atomic mass is 10.0. The van der Waals surface area contributed by atoms with Crippen LogP contribution in [-0.4, -0.2) is 21.1 Å². The number of hydrogen-bond acceptors (Lipinski definition) is 3. The van der Waals surface area contributed by atoms with E-state index in [4.69, 9.17) is 0 Å². The van der Waals surface area contributed by atoms with Gasteiger partial charge < -0.3 is 5.32 Å². The lowest BCUT2D eigenvalue weighted by Crippen LogP contribution is -2.32. The van der Waals surface area contributed by atoms with Crippen LogP contribution in [0.4, 0.5) is 0 Å². The SMILES string of the molecule is Cc1nc(C(NC(=O)c2ccc(Br)cc2)C(C)C)n[nH]1. The Labute approximate surface area is 126 Å². The molecule has 0 saturated heterocycles. The third-order valence-corrected chi connectivity index (χ3v) is 3.48. The lowest BCUT2D eigenvalue weighted by molar-refractivity contribution is 0.0923. The van der Waals surface area contributed by atoms with E-state index in [0.29, 0.717) is 11.4 Å². The second kappa shape index (κ2) is 6.17. The molecule has 2 aromatic rings. The lowest BCUT2D eigenvalue weighted by Gasteiger charge is -2.19. The number of aromatic nitrogens is 3. The highest BCUT2D eigenvalue weighted by Gasteiger charge is 2.22. The molecule has 2 N–H and O–H groups in total. The number of halogens is 1. The van der Waals surface area contributed by atoms with Gasteiger partial charge in [-0.2, -0.15) is 5.10 Å². The third kappa shape index (κ3) is 3.45. The third-order valence-electron chi connectivity index (χ3n) is 2.95. The maximum absolute atomic E-state index is 12.3. The monoisotopic (exact) mass is 336 g/mol. The minimum Gasteiger partial charge on any atom is -0.342 e. The Hall–Kier alpha value is -1.69. The summed E-state index contributed by atoms with van der Waals surface area (Å²) in [6.45, 7) is 5.89. The first-order valence-corrected chi connectivity index (χ1v) is 7.22. The minimum absolute atomic E-state index is 0.126. The molecular formula is C14H17BrN4O. The second-order valence-electron chi connectivity index (χ2n) is 4.98. The summed E-state index contributed by atoms with van der Waals surface area (Å²) in [6.07, 6.45) is 0. The van der Waals surface area contributed by atoms with Crippen LogP contribution in [0.15, 0.2) is 28.7 Å². The number of H-pyrrole nitrogens is 1. The summed E-state index contributed by atoms with van der Waals surface area (Å²) >= 11 is 3.35. The molecule has 1 aromatic carbocycles. The summed E-state index contributed by atoms with van der Waals surface area (Å²) in [5.41, 5.74) is 0.617. The fraction of sp³-hybridized carbons (Fsp3) is 0.357. The van der Waals surface area contributed by atoms with Gasteiger partial charge in [-0.25, -0.2) is 4.98 Å². The summed E-state index contributed by atoms with van der Waals surface area (Å²) in [5, 5.41) is 9.93. The quantitative estimate of drug-likeness (QED) is 0.901. The molecule has 1 atom stereocenters. The van der Waals surface area contributed by atoms with E-state index in [1.807, 2.05) is 32.9 Å². The van der Waals surface area contributed by atoms with Gasteiger partial charge in [0.2, 0.25) is 0 Å². The van der Waals surface area contributed by atoms with E-state index in [2.05, 4.69) is 36.4 Å². The Morgan fingerprint density at radius 3 is 2.45 bits per heavy atom. The van der Waals surface area contributed by atoms with Gasteiger partial charge >= 0.3 is 0 Å². The van der Waals surface area contributed by atoms with Crippen LogP contribution in [0.1, 0.15) is 41.9 Å². The zero-order valence-corrected chi connectivity index (χ0v) is 13.2. The number of nitrogens with zero attached hydrogens (tertiary/aromatic N) is 2. The summed E-state index contributed by atoms with van der Waals surface area (Å²) < 4.78 is 0.944. The first-order chi connectivity index (χ1) is 9.47. The van der Waals surface area contributed by atoms with Gasteiger partial charge in [0.1, 0.15) is 5.82 Å². The van der Waals surface area contributed by atoms with E-state index < -0.39 is 0 Å². The van der Waals surface area contributed by atoms with Crippen LogP contribution in [0.3, 0.4) is 0 Å². The molecular weight excluding hydrogens is 320 g/mol. The molecule has 20 heavy (non-hydrogen) atoms. The Morgan fingerprint density at radius 1 is 1.30 bits per heavy atom. The molecule has 0 aliphatic heterocycles. The molecule has 5 nitrogen and oxygen atoms in total. The zero-order chi connectivity index (χ0) is 14.7. The molecule has 0 aliphatic rings. The summed E-state index contributed by atoms with van der Waals surface area (Å²) in [6, 6.07) is 7.03. The van der Waals surface area contributed by atoms with Crippen LogP contribution >= 0.6 is 15.9 Å². The van der Waals surface area contributed by atoms with Crippen molar-refractivity contribution in [3.8, 4) is 0 Å². The standard InChI is InChI=1S/C14H17BrN4O/c1-8(2)12(13-16-9(3)18-19-13)17-14(20)10-4-6-11(15)7-5-10/h4-8,12H,1-3H3,(H,17,20)(H,16,18,19). The van der Waals surface area contributed by atoms with E-state index >= 15 is 0 Å². The Balaban J connectivity index is 2.16. The largest absolute Gasteiger partial charge is 0.342 e. The maximum atomic E-state index is 12.3. The van der Waals surface area contributed by atoms with Gasteiger partial charge in [-0.05, 0) is 37.1 Å². The molecule has 106 valence electrons. The number of carbonyl (C=O) groups excluding carboxylic acids is 1. The van der Waals surface area contributed by atoms with E-state index in [9.17, 15) is 4.79 Å². The molecule has 0 radical (unpaired) electrons. The van der Waals surface area contributed by atoms with Gasteiger partial charge in [-0.15, -0.1) is 0 Å². The molecule has 0 saturated carbocycles. The topological polar surface area (TPSA) is 70.7 Å². The molecule has 0 bridgehead atoms. The number of hydrogen-bond donors (Lipinski definition) is 2. The average Bonchev–Trinajstić information content (AvgIpc) is 2.82. The van der Waals surface area contributed by atoms with Crippen molar-refractivity contribution in [3.63, 3.8) is 0 Å². The average molecular weight is 337 g/mol. The van der Waals surface area contributed by atoms with E-state index in [0.717, 1.165) is 10.3 Å². The molecule has 2 rings (SSSR count). The van der Waals surface area contributed by atoms with Gasteiger partial charge in [-0.1, -0.05) is 29.8 Å². The number of nitrogens with one attached hydrogen (secondary N) is 2. The first-order valence-electron chi connectivity index (χ1n) is 6.42. The fourth-order valence-corrected chi connectivity index (χ4v) is 2.12. The van der Waals surface area contributed by atoms with E-state index in [-0.39, 0.29) is 17.9 Å². The van der Waals surface area contributed by atoms with Crippen molar-refractivity contribution in [2.75, 3.05) is 0 Å². The van der Waals surface area contributed by atoms with Gasteiger partial charge in [0, 0.05) is 10.0 Å². The van der Waals surface area contributed by atoms with Crippen LogP contribution in [0.25, 0.3) is 0 Å². The van der Waals surface area contributed by atoms with Crippen LogP contribution in [0.5, 0.6) is 0 Å². The molecule has 0 fully saturated rings. The van der Waals surface area contributed by atoms with Crippen molar-refractivity contribution < 1.29 is 4.79 Å². The number of aryl methyl sites for hydroxylation is 1. The molecule has 1 amide bonds. The van der Waals surface area contributed by atoms with Crippen molar-refractivity contribution in [1.82, 2.24) is 20.5 Å². The number of benzene rings is 1. The normalized spacial score (nSPS) is 12.4. The van der Waals surface area contributed by atoms with Gasteiger partial charge in [0.15, 0.2) is 5.82 Å². The van der Waals surface area contributed by atoms with Gasteiger partial charge in [0.05, 0.1) is 6.04 Å². The first kappa shape index (κ1) is 14.7. The number of amides is 1. The van der Waals surface area contributed by atoms with E-state index in [1.165, 1.54) is 0 Å². The smallest absolute Gasteiger partial charge is 0.251 e. The second-order valence-corrected chi connectivity index (χ2v) is 5.90. The molecule has 0 spiro atoms. The molecule has 1 heterocycles. The van der Waals surface area contributed by atoms with Gasteiger partial charge in [0.25, 0.3) is 5.91 Å². The summed E-state index contributed by atoms with van der Waals surface area (Å²) in [4.78, 5) is 16.6. The predicted molar refractivity (Wildman–Crippen MR) is 80.3 cm³/mol. The molecule has 6 heteroatoms. The highest BCUT2D eigenvalue weighted by molar-refractivity contribution is 9.10. The maximum Gasteiger partial charge on any atom is 0.251 e. The molecule has 1 unspecified atom stereocenters. The van der Waals surface area contributed by atoms with E-state index in [1.54, 1.807) is 12.1 Å². The minimum atomic E-state index is -0.212. The predicted octanol–water partition coefficient (Wildman–Crippen LogP) is 3.00. The number of rotatable bonds is 4. The summed E-state index contributed by atoms with van der Waals surface area (Å²) in [7, 11) is 0. The van der Waals surface area contributed by atoms with Crippen LogP contribution in [0, 0.1) is 12.8 Å². The Morgan fingerprint density at radius 2 is 1.95 bits per heavy atom. The highest BCUT2D eigenvalue weighted by atomic mass is 79.9. The van der Waals surface area contributed by atoms with Gasteiger partial charge in [-0.3, -0.25) is 9.89 Å².